The van der Waals surface area contributed by atoms with Gasteiger partial charge in [-0.15, -0.1) is 0 Å². The predicted octanol–water partition coefficient (Wildman–Crippen LogP) is 1.99. The Bertz CT molecular complexity index is 352. The summed E-state index contributed by atoms with van der Waals surface area (Å²) in [5.41, 5.74) is 0. The SMILES string of the molecule is CCC(=O)N(CC)COc1ccccc1O. The zero-order valence-corrected chi connectivity index (χ0v) is 9.64. The van der Waals surface area contributed by atoms with E-state index in [2.05, 4.69) is 0 Å². The average molecular weight is 223 g/mol. The Morgan fingerprint density at radius 1 is 1.38 bits per heavy atom. The molecule has 4 heteroatoms. The van der Waals surface area contributed by atoms with Crippen molar-refractivity contribution in [1.29, 1.82) is 0 Å². The minimum absolute atomic E-state index is 0.0397. The highest BCUT2D eigenvalue weighted by Crippen LogP contribution is 2.24. The van der Waals surface area contributed by atoms with E-state index < -0.39 is 0 Å². The molecule has 88 valence electrons. The Morgan fingerprint density at radius 2 is 2.06 bits per heavy atom. The Kier molecular flexibility index (Phi) is 4.64. The maximum Gasteiger partial charge on any atom is 0.224 e. The number of phenolic OH excluding ortho intramolecular Hbond substituents is 1. The molecule has 0 saturated carbocycles. The van der Waals surface area contributed by atoms with Gasteiger partial charge in [0, 0.05) is 13.0 Å². The Hall–Kier alpha value is -1.71. The van der Waals surface area contributed by atoms with Gasteiger partial charge in [-0.1, -0.05) is 19.1 Å². The van der Waals surface area contributed by atoms with E-state index in [9.17, 15) is 9.90 Å². The fraction of sp³-hybridized carbons (Fsp3) is 0.417. The molecule has 1 rings (SSSR count). The summed E-state index contributed by atoms with van der Waals surface area (Å²) in [5, 5.41) is 9.46. The molecule has 0 radical (unpaired) electrons. The van der Waals surface area contributed by atoms with E-state index in [-0.39, 0.29) is 18.4 Å². The Balaban J connectivity index is 2.56. The number of carbonyl (C=O) groups is 1. The van der Waals surface area contributed by atoms with Gasteiger partial charge in [-0.2, -0.15) is 0 Å². The van der Waals surface area contributed by atoms with Crippen LogP contribution in [0.5, 0.6) is 11.5 Å². The minimum Gasteiger partial charge on any atom is -0.504 e. The molecule has 0 heterocycles. The van der Waals surface area contributed by atoms with Gasteiger partial charge >= 0.3 is 0 Å². The molecule has 0 unspecified atom stereocenters. The number of carbonyl (C=O) groups excluding carboxylic acids is 1. The highest BCUT2D eigenvalue weighted by Gasteiger charge is 2.10. The van der Waals surface area contributed by atoms with Gasteiger partial charge in [-0.25, -0.2) is 0 Å². The summed E-state index contributed by atoms with van der Waals surface area (Å²) in [4.78, 5) is 13.0. The van der Waals surface area contributed by atoms with Crippen molar-refractivity contribution in [2.24, 2.45) is 0 Å². The van der Waals surface area contributed by atoms with Crippen molar-refractivity contribution in [3.05, 3.63) is 24.3 Å². The summed E-state index contributed by atoms with van der Waals surface area (Å²) in [5.74, 6) is 0.519. The van der Waals surface area contributed by atoms with E-state index in [1.54, 1.807) is 29.2 Å². The predicted molar refractivity (Wildman–Crippen MR) is 61.3 cm³/mol. The van der Waals surface area contributed by atoms with Crippen LogP contribution < -0.4 is 4.74 Å². The van der Waals surface area contributed by atoms with Crippen LogP contribution in [-0.4, -0.2) is 29.2 Å². The number of nitrogens with zero attached hydrogens (tertiary/aromatic N) is 1. The second-order valence-electron chi connectivity index (χ2n) is 3.34. The lowest BCUT2D eigenvalue weighted by Gasteiger charge is -2.20. The van der Waals surface area contributed by atoms with Gasteiger partial charge in [-0.3, -0.25) is 4.79 Å². The van der Waals surface area contributed by atoms with Crippen LogP contribution in [0.4, 0.5) is 0 Å². The molecule has 16 heavy (non-hydrogen) atoms. The normalized spacial score (nSPS) is 9.88. The molecule has 0 aliphatic rings. The fourth-order valence-electron chi connectivity index (χ4n) is 1.29. The van der Waals surface area contributed by atoms with Crippen LogP contribution in [0.1, 0.15) is 20.3 Å². The standard InChI is InChI=1S/C12H17NO3/c1-3-12(15)13(4-2)9-16-11-8-6-5-7-10(11)14/h5-8,14H,3-4,9H2,1-2H3. The van der Waals surface area contributed by atoms with Crippen molar-refractivity contribution >= 4 is 5.91 Å². The molecule has 1 aromatic rings. The molecule has 1 aromatic carbocycles. The zero-order valence-electron chi connectivity index (χ0n) is 9.64. The number of benzene rings is 1. The van der Waals surface area contributed by atoms with Crippen LogP contribution in [0.15, 0.2) is 24.3 Å². The maximum absolute atomic E-state index is 11.4. The third kappa shape index (κ3) is 3.15. The number of ether oxygens (including phenoxy) is 1. The quantitative estimate of drug-likeness (QED) is 0.776. The molecular weight excluding hydrogens is 206 g/mol. The first-order valence-corrected chi connectivity index (χ1v) is 5.37. The van der Waals surface area contributed by atoms with Crippen LogP contribution >= 0.6 is 0 Å². The highest BCUT2D eigenvalue weighted by molar-refractivity contribution is 5.75. The van der Waals surface area contributed by atoms with E-state index >= 15 is 0 Å². The molecule has 1 amide bonds. The van der Waals surface area contributed by atoms with Crippen molar-refractivity contribution in [2.45, 2.75) is 20.3 Å². The number of hydrogen-bond acceptors (Lipinski definition) is 3. The van der Waals surface area contributed by atoms with Gasteiger partial charge in [0.15, 0.2) is 18.2 Å². The molecule has 0 aromatic heterocycles. The summed E-state index contributed by atoms with van der Waals surface area (Å²) >= 11 is 0. The van der Waals surface area contributed by atoms with Crippen LogP contribution in [0.2, 0.25) is 0 Å². The van der Waals surface area contributed by atoms with E-state index in [0.29, 0.717) is 18.7 Å². The molecule has 0 aliphatic carbocycles. The highest BCUT2D eigenvalue weighted by atomic mass is 16.5. The number of amides is 1. The summed E-state index contributed by atoms with van der Waals surface area (Å²) in [6.45, 7) is 4.47. The first-order chi connectivity index (χ1) is 7.69. The topological polar surface area (TPSA) is 49.8 Å². The first kappa shape index (κ1) is 12.4. The summed E-state index contributed by atoms with van der Waals surface area (Å²) in [6, 6.07) is 6.71. The number of hydrogen-bond donors (Lipinski definition) is 1. The van der Waals surface area contributed by atoms with Crippen molar-refractivity contribution in [3.63, 3.8) is 0 Å². The van der Waals surface area contributed by atoms with Gasteiger partial charge in [0.25, 0.3) is 0 Å². The summed E-state index contributed by atoms with van der Waals surface area (Å²) in [7, 11) is 0. The number of rotatable bonds is 5. The molecule has 0 atom stereocenters. The molecule has 0 spiro atoms. The van der Waals surface area contributed by atoms with Crippen LogP contribution in [0, 0.1) is 0 Å². The third-order valence-electron chi connectivity index (χ3n) is 2.28. The first-order valence-electron chi connectivity index (χ1n) is 5.37. The number of para-hydroxylation sites is 2. The van der Waals surface area contributed by atoms with E-state index in [0.717, 1.165) is 0 Å². The maximum atomic E-state index is 11.4. The molecular formula is C12H17NO3. The average Bonchev–Trinajstić information content (AvgIpc) is 2.31. The largest absolute Gasteiger partial charge is 0.504 e. The Morgan fingerprint density at radius 3 is 2.62 bits per heavy atom. The molecule has 0 saturated heterocycles. The lowest BCUT2D eigenvalue weighted by molar-refractivity contribution is -0.133. The van der Waals surface area contributed by atoms with Gasteiger partial charge in [0.1, 0.15) is 0 Å². The van der Waals surface area contributed by atoms with E-state index in [1.165, 1.54) is 0 Å². The van der Waals surface area contributed by atoms with Crippen LogP contribution in [-0.2, 0) is 4.79 Å². The second-order valence-corrected chi connectivity index (χ2v) is 3.34. The van der Waals surface area contributed by atoms with Crippen LogP contribution in [0.3, 0.4) is 0 Å². The monoisotopic (exact) mass is 223 g/mol. The minimum atomic E-state index is 0.0397. The second kappa shape index (κ2) is 6.00. The molecule has 4 nitrogen and oxygen atoms in total. The van der Waals surface area contributed by atoms with Crippen LogP contribution in [0.25, 0.3) is 0 Å². The lowest BCUT2D eigenvalue weighted by Crippen LogP contribution is -2.33. The Labute approximate surface area is 95.5 Å². The zero-order chi connectivity index (χ0) is 12.0. The van der Waals surface area contributed by atoms with Crippen molar-refractivity contribution < 1.29 is 14.6 Å². The number of aromatic hydroxyl groups is 1. The molecule has 0 fully saturated rings. The molecule has 0 aliphatic heterocycles. The van der Waals surface area contributed by atoms with Crippen molar-refractivity contribution in [3.8, 4) is 11.5 Å². The van der Waals surface area contributed by atoms with Crippen molar-refractivity contribution in [1.82, 2.24) is 4.90 Å². The fourth-order valence-corrected chi connectivity index (χ4v) is 1.29. The number of phenols is 1. The lowest BCUT2D eigenvalue weighted by atomic mass is 10.3. The van der Waals surface area contributed by atoms with Gasteiger partial charge < -0.3 is 14.7 Å². The van der Waals surface area contributed by atoms with Gasteiger partial charge in [0.2, 0.25) is 5.91 Å². The summed E-state index contributed by atoms with van der Waals surface area (Å²) in [6.07, 6.45) is 0.456. The van der Waals surface area contributed by atoms with E-state index in [1.807, 2.05) is 13.8 Å². The third-order valence-corrected chi connectivity index (χ3v) is 2.28. The molecule has 0 bridgehead atoms. The summed E-state index contributed by atoms with van der Waals surface area (Å²) < 4.78 is 5.37. The van der Waals surface area contributed by atoms with Gasteiger partial charge in [-0.05, 0) is 19.1 Å². The molecule has 1 N–H and O–H groups in total. The van der Waals surface area contributed by atoms with E-state index in [4.69, 9.17) is 4.74 Å². The van der Waals surface area contributed by atoms with Gasteiger partial charge in [0.05, 0.1) is 0 Å². The van der Waals surface area contributed by atoms with Crippen molar-refractivity contribution in [2.75, 3.05) is 13.3 Å². The smallest absolute Gasteiger partial charge is 0.224 e.